The predicted octanol–water partition coefficient (Wildman–Crippen LogP) is 3.86. The maximum atomic E-state index is 14.3. The van der Waals surface area contributed by atoms with Crippen molar-refractivity contribution in [3.8, 4) is 17.2 Å². The molecule has 0 unspecified atom stereocenters. The van der Waals surface area contributed by atoms with Crippen LogP contribution in [-0.2, 0) is 4.79 Å². The van der Waals surface area contributed by atoms with Crippen molar-refractivity contribution in [2.24, 2.45) is 11.7 Å². The van der Waals surface area contributed by atoms with Crippen LogP contribution in [0.15, 0.2) is 36.4 Å². The number of hydrogen-bond donors (Lipinski definition) is 2. The lowest BCUT2D eigenvalue weighted by molar-refractivity contribution is -0.118. The first-order valence-electron chi connectivity index (χ1n) is 8.00. The molecule has 2 rings (SSSR count). The van der Waals surface area contributed by atoms with Crippen molar-refractivity contribution in [1.29, 1.82) is 0 Å². The lowest BCUT2D eigenvalue weighted by Crippen LogP contribution is -2.39. The minimum absolute atomic E-state index is 0.0125. The van der Waals surface area contributed by atoms with E-state index in [2.05, 4.69) is 5.32 Å². The molecule has 6 heteroatoms. The minimum atomic E-state index is -0.657. The number of nitrogens with one attached hydrogen (secondary N) is 1. The monoisotopic (exact) mass is 346 g/mol. The Labute approximate surface area is 146 Å². The highest BCUT2D eigenvalue weighted by atomic mass is 19.1. The Morgan fingerprint density at radius 2 is 1.80 bits per heavy atom. The number of aryl methyl sites for hydroxylation is 1. The maximum Gasteiger partial charge on any atom is 0.241 e. The van der Waals surface area contributed by atoms with E-state index >= 15 is 0 Å². The van der Waals surface area contributed by atoms with Gasteiger partial charge in [0.1, 0.15) is 0 Å². The zero-order valence-corrected chi connectivity index (χ0v) is 14.8. The SMILES string of the molecule is COc1cc(C)ccc1Oc1ccc(NC(=O)[C@@H](N)C(C)C)cc1F. The van der Waals surface area contributed by atoms with Crippen LogP contribution in [0.25, 0.3) is 0 Å². The van der Waals surface area contributed by atoms with Crippen molar-refractivity contribution in [1.82, 2.24) is 0 Å². The van der Waals surface area contributed by atoms with Crippen LogP contribution >= 0.6 is 0 Å². The Kier molecular flexibility index (Phi) is 5.98. The Balaban J connectivity index is 2.16. The molecular formula is C19H23FN2O3. The van der Waals surface area contributed by atoms with Crippen LogP contribution in [-0.4, -0.2) is 19.1 Å². The van der Waals surface area contributed by atoms with Gasteiger partial charge in [-0.2, -0.15) is 0 Å². The van der Waals surface area contributed by atoms with Gasteiger partial charge in [0, 0.05) is 11.8 Å². The van der Waals surface area contributed by atoms with Crippen molar-refractivity contribution < 1.29 is 18.7 Å². The van der Waals surface area contributed by atoms with Crippen molar-refractivity contribution in [2.75, 3.05) is 12.4 Å². The molecule has 5 nitrogen and oxygen atoms in total. The van der Waals surface area contributed by atoms with Crippen LogP contribution in [0, 0.1) is 18.7 Å². The van der Waals surface area contributed by atoms with Crippen LogP contribution in [0.1, 0.15) is 19.4 Å². The summed E-state index contributed by atoms with van der Waals surface area (Å²) in [6.07, 6.45) is 0. The van der Waals surface area contributed by atoms with Gasteiger partial charge in [0.05, 0.1) is 13.2 Å². The van der Waals surface area contributed by atoms with E-state index in [0.29, 0.717) is 17.2 Å². The molecule has 0 saturated heterocycles. The third-order valence-corrected chi connectivity index (χ3v) is 3.76. The summed E-state index contributed by atoms with van der Waals surface area (Å²) in [5.74, 6) is -0.0121. The predicted molar refractivity (Wildman–Crippen MR) is 95.6 cm³/mol. The first-order valence-corrected chi connectivity index (χ1v) is 8.00. The summed E-state index contributed by atoms with van der Waals surface area (Å²) < 4.78 is 25.2. The molecule has 3 N–H and O–H groups in total. The van der Waals surface area contributed by atoms with E-state index in [1.807, 2.05) is 26.8 Å². The summed E-state index contributed by atoms with van der Waals surface area (Å²) in [5.41, 5.74) is 7.10. The third-order valence-electron chi connectivity index (χ3n) is 3.76. The molecule has 1 amide bonds. The van der Waals surface area contributed by atoms with E-state index < -0.39 is 11.9 Å². The first kappa shape index (κ1) is 18.7. The van der Waals surface area contributed by atoms with Gasteiger partial charge in [-0.05, 0) is 42.7 Å². The molecule has 25 heavy (non-hydrogen) atoms. The van der Waals surface area contributed by atoms with Gasteiger partial charge in [-0.25, -0.2) is 4.39 Å². The molecule has 1 atom stereocenters. The molecule has 134 valence electrons. The molecule has 0 heterocycles. The second-order valence-corrected chi connectivity index (χ2v) is 6.16. The number of halogens is 1. The summed E-state index contributed by atoms with van der Waals surface area (Å²) in [6.45, 7) is 5.61. The van der Waals surface area contributed by atoms with Crippen LogP contribution in [0.5, 0.6) is 17.2 Å². The summed E-state index contributed by atoms with van der Waals surface area (Å²) in [6, 6.07) is 8.91. The van der Waals surface area contributed by atoms with Gasteiger partial charge in [0.25, 0.3) is 0 Å². The van der Waals surface area contributed by atoms with Crippen LogP contribution in [0.3, 0.4) is 0 Å². The van der Waals surface area contributed by atoms with Gasteiger partial charge in [0.2, 0.25) is 5.91 Å². The van der Waals surface area contributed by atoms with Gasteiger partial charge in [0.15, 0.2) is 23.1 Å². The van der Waals surface area contributed by atoms with E-state index in [4.69, 9.17) is 15.2 Å². The number of nitrogens with two attached hydrogens (primary N) is 1. The van der Waals surface area contributed by atoms with Crippen molar-refractivity contribution in [2.45, 2.75) is 26.8 Å². The zero-order valence-electron chi connectivity index (χ0n) is 14.8. The zero-order chi connectivity index (χ0) is 18.6. The minimum Gasteiger partial charge on any atom is -0.493 e. The number of hydrogen-bond acceptors (Lipinski definition) is 4. The number of amides is 1. The lowest BCUT2D eigenvalue weighted by Gasteiger charge is -2.16. The topological polar surface area (TPSA) is 73.6 Å². The Bertz CT molecular complexity index is 762. The molecule has 0 aromatic heterocycles. The molecule has 0 bridgehead atoms. The van der Waals surface area contributed by atoms with Crippen LogP contribution in [0.4, 0.5) is 10.1 Å². The fraction of sp³-hybridized carbons (Fsp3) is 0.316. The Morgan fingerprint density at radius 3 is 2.40 bits per heavy atom. The number of methoxy groups -OCH3 is 1. The molecule has 0 spiro atoms. The third kappa shape index (κ3) is 4.70. The molecular weight excluding hydrogens is 323 g/mol. The second-order valence-electron chi connectivity index (χ2n) is 6.16. The standard InChI is InChI=1S/C19H23FN2O3/c1-11(2)18(21)19(23)22-13-6-8-15(14(20)10-13)25-16-7-5-12(3)9-17(16)24-4/h5-11,18H,21H2,1-4H3,(H,22,23)/t18-/m0/s1. The summed E-state index contributed by atoms with van der Waals surface area (Å²) in [4.78, 5) is 12.0. The molecule has 0 fully saturated rings. The number of rotatable bonds is 6. The summed E-state index contributed by atoms with van der Waals surface area (Å²) in [7, 11) is 1.52. The van der Waals surface area contributed by atoms with Gasteiger partial charge >= 0.3 is 0 Å². The van der Waals surface area contributed by atoms with E-state index in [9.17, 15) is 9.18 Å². The molecule has 0 aliphatic carbocycles. The molecule has 0 saturated carbocycles. The molecule has 2 aromatic rings. The number of ether oxygens (including phenoxy) is 2. The van der Waals surface area contributed by atoms with Crippen LogP contribution in [0.2, 0.25) is 0 Å². The van der Waals surface area contributed by atoms with Crippen LogP contribution < -0.4 is 20.5 Å². The summed E-state index contributed by atoms with van der Waals surface area (Å²) in [5, 5.41) is 2.60. The van der Waals surface area contributed by atoms with E-state index in [1.165, 1.54) is 19.2 Å². The number of benzene rings is 2. The Hall–Kier alpha value is -2.60. The largest absolute Gasteiger partial charge is 0.493 e. The Morgan fingerprint density at radius 1 is 1.12 bits per heavy atom. The number of anilines is 1. The van der Waals surface area contributed by atoms with Gasteiger partial charge in [-0.1, -0.05) is 19.9 Å². The average molecular weight is 346 g/mol. The van der Waals surface area contributed by atoms with E-state index in [0.717, 1.165) is 5.56 Å². The number of carbonyl (C=O) groups is 1. The first-order chi connectivity index (χ1) is 11.8. The van der Waals surface area contributed by atoms with Gasteiger partial charge in [-0.15, -0.1) is 0 Å². The summed E-state index contributed by atoms with van der Waals surface area (Å²) >= 11 is 0. The van der Waals surface area contributed by atoms with Gasteiger partial charge < -0.3 is 20.5 Å². The lowest BCUT2D eigenvalue weighted by atomic mass is 10.0. The second kappa shape index (κ2) is 7.98. The highest BCUT2D eigenvalue weighted by Crippen LogP contribution is 2.34. The van der Waals surface area contributed by atoms with E-state index in [-0.39, 0.29) is 17.6 Å². The average Bonchev–Trinajstić information content (AvgIpc) is 2.57. The quantitative estimate of drug-likeness (QED) is 0.833. The normalized spacial score (nSPS) is 12.0. The van der Waals surface area contributed by atoms with Gasteiger partial charge in [-0.3, -0.25) is 4.79 Å². The fourth-order valence-corrected chi connectivity index (χ4v) is 2.17. The number of carbonyl (C=O) groups excluding carboxylic acids is 1. The molecule has 0 aliphatic rings. The fourth-order valence-electron chi connectivity index (χ4n) is 2.17. The maximum absolute atomic E-state index is 14.3. The van der Waals surface area contributed by atoms with Crippen molar-refractivity contribution >= 4 is 11.6 Å². The molecule has 0 radical (unpaired) electrons. The van der Waals surface area contributed by atoms with Crippen molar-refractivity contribution in [3.05, 3.63) is 47.8 Å². The van der Waals surface area contributed by atoms with E-state index in [1.54, 1.807) is 18.2 Å². The molecule has 0 aliphatic heterocycles. The van der Waals surface area contributed by atoms with Crippen molar-refractivity contribution in [3.63, 3.8) is 0 Å². The highest BCUT2D eigenvalue weighted by molar-refractivity contribution is 5.94. The smallest absolute Gasteiger partial charge is 0.241 e. The highest BCUT2D eigenvalue weighted by Gasteiger charge is 2.18. The molecule has 2 aromatic carbocycles.